The van der Waals surface area contributed by atoms with Crippen LogP contribution in [0.15, 0.2) is 161 Å². The first-order chi connectivity index (χ1) is 24.2. The van der Waals surface area contributed by atoms with Crippen molar-refractivity contribution < 1.29 is 28.9 Å². The van der Waals surface area contributed by atoms with Gasteiger partial charge < -0.3 is 18.8 Å². The summed E-state index contributed by atoms with van der Waals surface area (Å²) >= 11 is 0. The Morgan fingerprint density at radius 2 is 1.26 bits per heavy atom. The molecular formula is C45H28IrN2O2-2. The van der Waals surface area contributed by atoms with Gasteiger partial charge in [0.25, 0.3) is 0 Å². The number of fused-ring (bicyclic) bond motifs is 9. The Labute approximate surface area is 302 Å². The van der Waals surface area contributed by atoms with Gasteiger partial charge in [0.05, 0.1) is 5.39 Å². The van der Waals surface area contributed by atoms with Gasteiger partial charge in [0.15, 0.2) is 0 Å². The van der Waals surface area contributed by atoms with E-state index in [1.807, 2.05) is 92.1 Å². The van der Waals surface area contributed by atoms with Crippen LogP contribution in [0.2, 0.25) is 0 Å². The van der Waals surface area contributed by atoms with Crippen LogP contribution in [0.1, 0.15) is 5.56 Å². The number of nitrogens with zero attached hydrogens (tertiary/aromatic N) is 2. The summed E-state index contributed by atoms with van der Waals surface area (Å²) in [5, 5.41) is 6.59. The molecule has 0 saturated heterocycles. The Balaban J connectivity index is 0.000000218. The molecule has 6 aromatic carbocycles. The van der Waals surface area contributed by atoms with Crippen molar-refractivity contribution in [1.29, 1.82) is 0 Å². The maximum Gasteiger partial charge on any atom is 0.147 e. The molecule has 0 aliphatic rings. The monoisotopic (exact) mass is 821 g/mol. The second-order valence-electron chi connectivity index (χ2n) is 12.1. The van der Waals surface area contributed by atoms with Gasteiger partial charge in [-0.1, -0.05) is 66.7 Å². The second kappa shape index (κ2) is 13.2. The second-order valence-corrected chi connectivity index (χ2v) is 12.1. The van der Waals surface area contributed by atoms with E-state index in [4.69, 9.17) is 8.83 Å². The first-order valence-corrected chi connectivity index (χ1v) is 16.2. The predicted octanol–water partition coefficient (Wildman–Crippen LogP) is 12.0. The van der Waals surface area contributed by atoms with Crippen LogP contribution >= 0.6 is 0 Å². The molecule has 0 atom stereocenters. The zero-order valence-corrected chi connectivity index (χ0v) is 29.4. The minimum Gasteiger partial charge on any atom is -0.455 e. The van der Waals surface area contributed by atoms with E-state index in [2.05, 4.69) is 88.8 Å². The molecule has 241 valence electrons. The summed E-state index contributed by atoms with van der Waals surface area (Å²) in [6, 6.07) is 53.5. The first kappa shape index (κ1) is 31.4. The van der Waals surface area contributed by atoms with Crippen LogP contribution in [0.3, 0.4) is 0 Å². The molecule has 0 spiro atoms. The van der Waals surface area contributed by atoms with Gasteiger partial charge in [-0.25, -0.2) is 0 Å². The molecule has 4 nitrogen and oxygen atoms in total. The molecule has 0 fully saturated rings. The number of rotatable bonds is 3. The van der Waals surface area contributed by atoms with Crippen molar-refractivity contribution in [3.8, 4) is 33.6 Å². The summed E-state index contributed by atoms with van der Waals surface area (Å²) in [6.07, 6.45) is 3.73. The summed E-state index contributed by atoms with van der Waals surface area (Å²) in [7, 11) is 0. The van der Waals surface area contributed by atoms with Crippen molar-refractivity contribution in [2.24, 2.45) is 0 Å². The summed E-state index contributed by atoms with van der Waals surface area (Å²) in [6.45, 7) is 2.03. The molecule has 10 aromatic rings. The van der Waals surface area contributed by atoms with Crippen molar-refractivity contribution in [3.63, 3.8) is 0 Å². The van der Waals surface area contributed by atoms with Crippen LogP contribution in [-0.4, -0.2) is 9.97 Å². The van der Waals surface area contributed by atoms with Gasteiger partial charge in [0, 0.05) is 54.2 Å². The number of aryl methyl sites for hydroxylation is 1. The van der Waals surface area contributed by atoms with Crippen molar-refractivity contribution >= 4 is 54.6 Å². The van der Waals surface area contributed by atoms with Gasteiger partial charge in [-0.05, 0) is 64.5 Å². The quantitative estimate of drug-likeness (QED) is 0.167. The summed E-state index contributed by atoms with van der Waals surface area (Å²) < 4.78 is 13.1. The molecule has 1 radical (unpaired) electrons. The smallest absolute Gasteiger partial charge is 0.147 e. The van der Waals surface area contributed by atoms with Gasteiger partial charge >= 0.3 is 0 Å². The molecule has 0 bridgehead atoms. The van der Waals surface area contributed by atoms with E-state index in [-0.39, 0.29) is 20.1 Å². The number of hydrogen-bond donors (Lipinski definition) is 0. The fraction of sp³-hybridized carbons (Fsp3) is 0.0222. The molecule has 50 heavy (non-hydrogen) atoms. The molecular weight excluding hydrogens is 793 g/mol. The zero-order valence-electron chi connectivity index (χ0n) is 27.0. The summed E-state index contributed by atoms with van der Waals surface area (Å²) in [5.74, 6) is 0. The van der Waals surface area contributed by atoms with Crippen LogP contribution in [0.5, 0.6) is 0 Å². The van der Waals surface area contributed by atoms with Gasteiger partial charge in [-0.2, -0.15) is 0 Å². The number of pyridine rings is 2. The maximum atomic E-state index is 6.61. The first-order valence-electron chi connectivity index (χ1n) is 16.2. The van der Waals surface area contributed by atoms with Crippen molar-refractivity contribution in [2.75, 3.05) is 0 Å². The number of benzene rings is 6. The third kappa shape index (κ3) is 5.57. The van der Waals surface area contributed by atoms with E-state index in [0.29, 0.717) is 0 Å². The summed E-state index contributed by atoms with van der Waals surface area (Å²) in [5.41, 5.74) is 10.5. The Kier molecular flexibility index (Phi) is 8.29. The van der Waals surface area contributed by atoms with Crippen LogP contribution < -0.4 is 0 Å². The van der Waals surface area contributed by atoms with Crippen molar-refractivity contribution in [1.82, 2.24) is 9.97 Å². The van der Waals surface area contributed by atoms with Crippen LogP contribution in [-0.2, 0) is 20.1 Å². The van der Waals surface area contributed by atoms with Gasteiger partial charge in [0.2, 0.25) is 0 Å². The fourth-order valence-electron chi connectivity index (χ4n) is 6.57. The van der Waals surface area contributed by atoms with E-state index in [9.17, 15) is 0 Å². The van der Waals surface area contributed by atoms with Gasteiger partial charge in [-0.3, -0.25) is 0 Å². The minimum atomic E-state index is 0. The van der Waals surface area contributed by atoms with Gasteiger partial charge in [-0.15, -0.1) is 71.8 Å². The number of aromatic nitrogens is 2. The SMILES string of the molecule is Cc1ccc(-c2[c-]cccc2)nc1.[Ir].[c-]1ccccc1-c1cc(-c2cc3c4ccccc4oc3c3c2oc2ccc4ccccc4c23)ccn1. The number of para-hydroxylation sites is 1. The van der Waals surface area contributed by atoms with Crippen LogP contribution in [0.25, 0.3) is 88.3 Å². The molecule has 4 heterocycles. The third-order valence-corrected chi connectivity index (χ3v) is 8.93. The topological polar surface area (TPSA) is 52.1 Å². The van der Waals surface area contributed by atoms with E-state index in [1.54, 1.807) is 0 Å². The summed E-state index contributed by atoms with van der Waals surface area (Å²) in [4.78, 5) is 8.94. The molecule has 0 unspecified atom stereocenters. The Morgan fingerprint density at radius 3 is 2.02 bits per heavy atom. The minimum absolute atomic E-state index is 0. The predicted molar refractivity (Wildman–Crippen MR) is 199 cm³/mol. The molecule has 0 aliphatic carbocycles. The third-order valence-electron chi connectivity index (χ3n) is 8.93. The maximum absolute atomic E-state index is 6.61. The Hall–Kier alpha value is -5.87. The van der Waals surface area contributed by atoms with Crippen LogP contribution in [0.4, 0.5) is 0 Å². The van der Waals surface area contributed by atoms with E-state index in [0.717, 1.165) is 82.9 Å². The Morgan fingerprint density at radius 1 is 0.540 bits per heavy atom. The molecule has 0 amide bonds. The molecule has 10 rings (SSSR count). The molecule has 0 aliphatic heterocycles. The molecule has 0 saturated carbocycles. The van der Waals surface area contributed by atoms with Gasteiger partial charge in [0.1, 0.15) is 22.3 Å². The fourth-order valence-corrected chi connectivity index (χ4v) is 6.57. The number of hydrogen-bond acceptors (Lipinski definition) is 4. The van der Waals surface area contributed by atoms with E-state index in [1.165, 1.54) is 10.9 Å². The largest absolute Gasteiger partial charge is 0.455 e. The van der Waals surface area contributed by atoms with Crippen molar-refractivity contribution in [3.05, 3.63) is 170 Å². The standard InChI is InChI=1S/C33H18NO2.C12H10N.Ir/c1-2-9-21(10-3-1)27-18-22(16-17-34-27)25-19-26-24-12-6-7-13-28(24)35-33(26)31-30-23-11-5-4-8-20(23)14-15-29(30)36-32(25)31;1-10-7-8-12(13-9-10)11-5-3-2-4-6-11;/h1-9,11-19H;2-5,7-9H,1H3;/q2*-1;. The van der Waals surface area contributed by atoms with E-state index >= 15 is 0 Å². The zero-order chi connectivity index (χ0) is 32.7. The van der Waals surface area contributed by atoms with Crippen LogP contribution in [0, 0.1) is 19.1 Å². The average molecular weight is 821 g/mol. The number of furan rings is 2. The average Bonchev–Trinajstić information content (AvgIpc) is 3.75. The molecule has 4 aromatic heterocycles. The molecule has 0 N–H and O–H groups in total. The molecule has 5 heteroatoms. The normalized spacial score (nSPS) is 11.1. The van der Waals surface area contributed by atoms with Crippen molar-refractivity contribution in [2.45, 2.75) is 6.92 Å². The Bertz CT molecular complexity index is 2770. The van der Waals surface area contributed by atoms with E-state index < -0.39 is 0 Å².